The standard InChI is InChI=1S/C15H14O3/c1-11-2-8-14(9-3-11)18-10-12-4-6-13(7-5-12)15(16)17/h2-9H,10H2,1H3,(H,16,17)/p-1. The van der Waals surface area contributed by atoms with Gasteiger partial charge in [-0.25, -0.2) is 0 Å². The molecule has 0 aliphatic carbocycles. The number of carbonyl (C=O) groups is 1. The molecule has 0 fully saturated rings. The van der Waals surface area contributed by atoms with E-state index in [1.165, 1.54) is 17.7 Å². The van der Waals surface area contributed by atoms with Gasteiger partial charge in [0.25, 0.3) is 0 Å². The normalized spacial score (nSPS) is 10.1. The highest BCUT2D eigenvalue weighted by Gasteiger charge is 1.97. The Labute approximate surface area is 106 Å². The first kappa shape index (κ1) is 12.2. The zero-order valence-corrected chi connectivity index (χ0v) is 10.1. The largest absolute Gasteiger partial charge is 0.545 e. The smallest absolute Gasteiger partial charge is 0.119 e. The summed E-state index contributed by atoms with van der Waals surface area (Å²) in [6, 6.07) is 14.3. The van der Waals surface area contributed by atoms with Gasteiger partial charge in [0.1, 0.15) is 12.4 Å². The minimum absolute atomic E-state index is 0.175. The number of hydrogen-bond donors (Lipinski definition) is 0. The number of benzene rings is 2. The lowest BCUT2D eigenvalue weighted by atomic mass is 10.1. The maximum absolute atomic E-state index is 10.6. The van der Waals surface area contributed by atoms with Crippen LogP contribution in [0.3, 0.4) is 0 Å². The summed E-state index contributed by atoms with van der Waals surface area (Å²) in [6.45, 7) is 2.43. The van der Waals surface area contributed by atoms with Crippen LogP contribution in [0.5, 0.6) is 5.75 Å². The van der Waals surface area contributed by atoms with E-state index >= 15 is 0 Å². The molecule has 0 unspecified atom stereocenters. The third-order valence-electron chi connectivity index (χ3n) is 2.62. The first-order valence-corrected chi connectivity index (χ1v) is 5.65. The molecule has 3 nitrogen and oxygen atoms in total. The van der Waals surface area contributed by atoms with Crippen LogP contribution in [0.15, 0.2) is 48.5 Å². The maximum atomic E-state index is 10.6. The zero-order valence-electron chi connectivity index (χ0n) is 10.1. The van der Waals surface area contributed by atoms with Crippen LogP contribution in [-0.2, 0) is 6.61 Å². The van der Waals surface area contributed by atoms with Gasteiger partial charge in [-0.1, -0.05) is 42.0 Å². The van der Waals surface area contributed by atoms with E-state index in [0.29, 0.717) is 6.61 Å². The van der Waals surface area contributed by atoms with E-state index in [-0.39, 0.29) is 5.56 Å². The molecule has 2 aromatic carbocycles. The van der Waals surface area contributed by atoms with Gasteiger partial charge in [0.2, 0.25) is 0 Å². The molecule has 18 heavy (non-hydrogen) atoms. The van der Waals surface area contributed by atoms with E-state index in [1.807, 2.05) is 31.2 Å². The van der Waals surface area contributed by atoms with Crippen molar-refractivity contribution in [1.82, 2.24) is 0 Å². The molecular weight excluding hydrogens is 228 g/mol. The molecule has 0 saturated carbocycles. The minimum Gasteiger partial charge on any atom is -0.545 e. The number of carboxylic acids is 1. The van der Waals surface area contributed by atoms with Gasteiger partial charge in [-0.05, 0) is 30.2 Å². The molecule has 0 aromatic heterocycles. The Balaban J connectivity index is 1.97. The predicted molar refractivity (Wildman–Crippen MR) is 66.3 cm³/mol. The molecule has 92 valence electrons. The Morgan fingerprint density at radius 2 is 1.67 bits per heavy atom. The predicted octanol–water partition coefficient (Wildman–Crippen LogP) is 1.94. The molecule has 3 heteroatoms. The Kier molecular flexibility index (Phi) is 3.63. The van der Waals surface area contributed by atoms with E-state index in [2.05, 4.69) is 0 Å². The summed E-state index contributed by atoms with van der Waals surface area (Å²) in [4.78, 5) is 10.6. The summed E-state index contributed by atoms with van der Waals surface area (Å²) >= 11 is 0. The Hall–Kier alpha value is -2.29. The van der Waals surface area contributed by atoms with Crippen molar-refractivity contribution < 1.29 is 14.6 Å². The number of aromatic carboxylic acids is 1. The fraction of sp³-hybridized carbons (Fsp3) is 0.133. The lowest BCUT2D eigenvalue weighted by molar-refractivity contribution is -0.255. The number of carboxylic acid groups (broad SMARTS) is 1. The van der Waals surface area contributed by atoms with Crippen molar-refractivity contribution in [3.05, 3.63) is 65.2 Å². The van der Waals surface area contributed by atoms with E-state index in [4.69, 9.17) is 4.74 Å². The molecule has 0 radical (unpaired) electrons. The summed E-state index contributed by atoms with van der Waals surface area (Å²) in [5.41, 5.74) is 2.27. The quantitative estimate of drug-likeness (QED) is 0.821. The Bertz CT molecular complexity index is 527. The average Bonchev–Trinajstić information content (AvgIpc) is 2.38. The lowest BCUT2D eigenvalue weighted by Gasteiger charge is -2.07. The van der Waals surface area contributed by atoms with E-state index in [9.17, 15) is 9.90 Å². The second-order valence-corrected chi connectivity index (χ2v) is 4.09. The van der Waals surface area contributed by atoms with E-state index in [1.54, 1.807) is 12.1 Å². The molecule has 0 aliphatic rings. The van der Waals surface area contributed by atoms with E-state index < -0.39 is 5.97 Å². The molecule has 0 bridgehead atoms. The van der Waals surface area contributed by atoms with Crippen molar-refractivity contribution >= 4 is 5.97 Å². The third-order valence-corrected chi connectivity index (χ3v) is 2.62. The zero-order chi connectivity index (χ0) is 13.0. The Morgan fingerprint density at radius 1 is 1.06 bits per heavy atom. The number of rotatable bonds is 4. The van der Waals surface area contributed by atoms with Crippen molar-refractivity contribution in [3.63, 3.8) is 0 Å². The molecule has 0 N–H and O–H groups in total. The van der Waals surface area contributed by atoms with Crippen LogP contribution in [0, 0.1) is 6.92 Å². The molecule has 0 atom stereocenters. The van der Waals surface area contributed by atoms with Crippen LogP contribution < -0.4 is 9.84 Å². The van der Waals surface area contributed by atoms with Crippen LogP contribution in [0.2, 0.25) is 0 Å². The summed E-state index contributed by atoms with van der Waals surface area (Å²) in [7, 11) is 0. The van der Waals surface area contributed by atoms with Gasteiger partial charge >= 0.3 is 0 Å². The molecule has 0 spiro atoms. The van der Waals surface area contributed by atoms with Crippen molar-refractivity contribution in [1.29, 1.82) is 0 Å². The van der Waals surface area contributed by atoms with Crippen LogP contribution in [0.25, 0.3) is 0 Å². The number of ether oxygens (including phenoxy) is 1. The minimum atomic E-state index is -1.17. The molecule has 2 aromatic rings. The van der Waals surface area contributed by atoms with Gasteiger partial charge in [-0.3, -0.25) is 0 Å². The van der Waals surface area contributed by atoms with Crippen molar-refractivity contribution in [2.45, 2.75) is 13.5 Å². The molecular formula is C15H13O3-. The SMILES string of the molecule is Cc1ccc(OCc2ccc(C(=O)[O-])cc2)cc1. The second kappa shape index (κ2) is 5.36. The van der Waals surface area contributed by atoms with Crippen molar-refractivity contribution in [2.24, 2.45) is 0 Å². The number of carbonyl (C=O) groups excluding carboxylic acids is 1. The van der Waals surface area contributed by atoms with Gasteiger partial charge < -0.3 is 14.6 Å². The highest BCUT2D eigenvalue weighted by atomic mass is 16.5. The highest BCUT2D eigenvalue weighted by molar-refractivity contribution is 5.85. The van der Waals surface area contributed by atoms with Gasteiger partial charge in [-0.15, -0.1) is 0 Å². The first-order valence-electron chi connectivity index (χ1n) is 5.65. The van der Waals surface area contributed by atoms with Crippen molar-refractivity contribution in [2.75, 3.05) is 0 Å². The van der Waals surface area contributed by atoms with Gasteiger partial charge in [-0.2, -0.15) is 0 Å². The summed E-state index contributed by atoms with van der Waals surface area (Å²) < 4.78 is 5.58. The highest BCUT2D eigenvalue weighted by Crippen LogP contribution is 2.14. The fourth-order valence-electron chi connectivity index (χ4n) is 1.54. The lowest BCUT2D eigenvalue weighted by Crippen LogP contribution is -2.22. The topological polar surface area (TPSA) is 49.4 Å². The van der Waals surface area contributed by atoms with Crippen LogP contribution in [-0.4, -0.2) is 5.97 Å². The van der Waals surface area contributed by atoms with Crippen LogP contribution >= 0.6 is 0 Å². The number of hydrogen-bond acceptors (Lipinski definition) is 3. The fourth-order valence-corrected chi connectivity index (χ4v) is 1.54. The van der Waals surface area contributed by atoms with Gasteiger partial charge in [0.05, 0.1) is 5.97 Å². The summed E-state index contributed by atoms with van der Waals surface area (Å²) in [6.07, 6.45) is 0. The molecule has 2 rings (SSSR count). The summed E-state index contributed by atoms with van der Waals surface area (Å²) in [5.74, 6) is -0.370. The van der Waals surface area contributed by atoms with Gasteiger partial charge in [0.15, 0.2) is 0 Å². The van der Waals surface area contributed by atoms with Gasteiger partial charge in [0, 0.05) is 0 Å². The molecule has 0 saturated heterocycles. The average molecular weight is 241 g/mol. The van der Waals surface area contributed by atoms with Crippen LogP contribution in [0.1, 0.15) is 21.5 Å². The molecule has 0 heterocycles. The third kappa shape index (κ3) is 3.10. The molecule has 0 amide bonds. The molecule has 0 aliphatic heterocycles. The maximum Gasteiger partial charge on any atom is 0.119 e. The van der Waals surface area contributed by atoms with E-state index in [0.717, 1.165) is 11.3 Å². The Morgan fingerprint density at radius 3 is 2.22 bits per heavy atom. The number of aryl methyl sites for hydroxylation is 1. The first-order chi connectivity index (χ1) is 8.65. The van der Waals surface area contributed by atoms with Crippen LogP contribution in [0.4, 0.5) is 0 Å². The van der Waals surface area contributed by atoms with Crippen molar-refractivity contribution in [3.8, 4) is 5.75 Å². The second-order valence-electron chi connectivity index (χ2n) is 4.09. The monoisotopic (exact) mass is 241 g/mol. The summed E-state index contributed by atoms with van der Waals surface area (Å²) in [5, 5.41) is 10.6.